The van der Waals surface area contributed by atoms with Crippen molar-refractivity contribution < 1.29 is 4.74 Å². The van der Waals surface area contributed by atoms with Crippen LogP contribution >= 0.6 is 11.3 Å². The highest BCUT2D eigenvalue weighted by atomic mass is 32.1. The number of benzene rings is 1. The van der Waals surface area contributed by atoms with Gasteiger partial charge in [-0.05, 0) is 12.1 Å². The van der Waals surface area contributed by atoms with Crippen molar-refractivity contribution in [3.63, 3.8) is 0 Å². The van der Waals surface area contributed by atoms with Gasteiger partial charge in [-0.15, -0.1) is 16.4 Å². The fourth-order valence-corrected chi connectivity index (χ4v) is 2.43. The van der Waals surface area contributed by atoms with Crippen molar-refractivity contribution in [2.24, 2.45) is 0 Å². The van der Waals surface area contributed by atoms with Crippen LogP contribution in [0.4, 0.5) is 0 Å². The Bertz CT molecular complexity index is 772. The van der Waals surface area contributed by atoms with Crippen molar-refractivity contribution in [1.82, 2.24) is 20.0 Å². The Labute approximate surface area is 118 Å². The van der Waals surface area contributed by atoms with Crippen LogP contribution in [0.25, 0.3) is 16.4 Å². The van der Waals surface area contributed by atoms with E-state index >= 15 is 0 Å². The predicted molar refractivity (Wildman–Crippen MR) is 73.7 cm³/mol. The second kappa shape index (κ2) is 5.11. The first-order valence-corrected chi connectivity index (χ1v) is 6.61. The molecule has 7 heteroatoms. The van der Waals surface area contributed by atoms with Crippen LogP contribution < -0.4 is 4.74 Å². The quantitative estimate of drug-likeness (QED) is 0.737. The van der Waals surface area contributed by atoms with Gasteiger partial charge in [0.05, 0.1) is 7.11 Å². The van der Waals surface area contributed by atoms with Crippen molar-refractivity contribution >= 4 is 11.3 Å². The van der Waals surface area contributed by atoms with Crippen LogP contribution in [0, 0.1) is 11.3 Å². The number of methoxy groups -OCH3 is 1. The first kappa shape index (κ1) is 12.3. The van der Waals surface area contributed by atoms with E-state index in [9.17, 15) is 5.26 Å². The third-order valence-electron chi connectivity index (χ3n) is 2.72. The maximum Gasteiger partial charge on any atom is 0.212 e. The molecule has 0 N–H and O–H groups in total. The first-order valence-electron chi connectivity index (χ1n) is 5.73. The van der Waals surface area contributed by atoms with Crippen molar-refractivity contribution in [3.8, 4) is 28.2 Å². The zero-order valence-corrected chi connectivity index (χ0v) is 11.3. The summed E-state index contributed by atoms with van der Waals surface area (Å²) in [6.45, 7) is 0. The van der Waals surface area contributed by atoms with Gasteiger partial charge in [0, 0.05) is 17.1 Å². The zero-order chi connectivity index (χ0) is 13.9. The van der Waals surface area contributed by atoms with Crippen LogP contribution in [0.1, 0.15) is 5.69 Å². The Morgan fingerprint density at radius 3 is 3.00 bits per heavy atom. The van der Waals surface area contributed by atoms with Gasteiger partial charge < -0.3 is 4.74 Å². The topological polar surface area (TPSA) is 76.6 Å². The minimum Gasteiger partial charge on any atom is -0.497 e. The molecule has 0 radical (unpaired) electrons. The molecule has 20 heavy (non-hydrogen) atoms. The molecule has 0 fully saturated rings. The molecule has 98 valence electrons. The number of hydrogen-bond donors (Lipinski definition) is 0. The zero-order valence-electron chi connectivity index (χ0n) is 10.5. The third-order valence-corrected chi connectivity index (χ3v) is 3.47. The summed E-state index contributed by atoms with van der Waals surface area (Å²) in [5, 5.41) is 19.6. The van der Waals surface area contributed by atoms with Crippen LogP contribution in [0.2, 0.25) is 0 Å². The average molecular weight is 283 g/mol. The van der Waals surface area contributed by atoms with Crippen LogP contribution in [0.15, 0.2) is 35.8 Å². The normalized spacial score (nSPS) is 10.2. The van der Waals surface area contributed by atoms with Gasteiger partial charge in [0.25, 0.3) is 0 Å². The van der Waals surface area contributed by atoms with Gasteiger partial charge in [-0.2, -0.15) is 9.94 Å². The Balaban J connectivity index is 2.21. The third kappa shape index (κ3) is 2.02. The first-order chi connectivity index (χ1) is 9.83. The molecule has 0 saturated heterocycles. The van der Waals surface area contributed by atoms with E-state index in [1.54, 1.807) is 18.0 Å². The summed E-state index contributed by atoms with van der Waals surface area (Å²) >= 11 is 1.43. The minimum absolute atomic E-state index is 0.258. The SMILES string of the molecule is COc1cccc(-c2c(C#N)nnn2-c2nccs2)c1. The van der Waals surface area contributed by atoms with Crippen LogP contribution in [0.3, 0.4) is 0 Å². The van der Waals surface area contributed by atoms with Crippen LogP contribution in [-0.4, -0.2) is 27.1 Å². The van der Waals surface area contributed by atoms with Crippen molar-refractivity contribution in [1.29, 1.82) is 5.26 Å². The summed E-state index contributed by atoms with van der Waals surface area (Å²) in [7, 11) is 1.60. The molecule has 3 rings (SSSR count). The van der Waals surface area contributed by atoms with Crippen molar-refractivity contribution in [2.45, 2.75) is 0 Å². The van der Waals surface area contributed by atoms with E-state index in [-0.39, 0.29) is 5.69 Å². The number of hydrogen-bond acceptors (Lipinski definition) is 6. The molecule has 0 aliphatic rings. The van der Waals surface area contributed by atoms with E-state index in [0.29, 0.717) is 16.6 Å². The molecule has 3 aromatic rings. The number of aromatic nitrogens is 4. The highest BCUT2D eigenvalue weighted by Gasteiger charge is 2.17. The lowest BCUT2D eigenvalue weighted by molar-refractivity contribution is 0.415. The lowest BCUT2D eigenvalue weighted by Crippen LogP contribution is -1.99. The molecule has 0 unspecified atom stereocenters. The molecular weight excluding hydrogens is 274 g/mol. The second-order valence-electron chi connectivity index (χ2n) is 3.86. The van der Waals surface area contributed by atoms with Gasteiger partial charge in [-0.3, -0.25) is 0 Å². The maximum atomic E-state index is 9.20. The number of ether oxygens (including phenoxy) is 1. The lowest BCUT2D eigenvalue weighted by atomic mass is 10.1. The summed E-state index contributed by atoms with van der Waals surface area (Å²) in [6, 6.07) is 9.47. The van der Waals surface area contributed by atoms with Gasteiger partial charge in [0.1, 0.15) is 17.5 Å². The molecule has 0 saturated carbocycles. The van der Waals surface area contributed by atoms with Gasteiger partial charge in [0.15, 0.2) is 5.69 Å². The molecule has 0 bridgehead atoms. The Hall–Kier alpha value is -2.72. The summed E-state index contributed by atoms with van der Waals surface area (Å²) in [4.78, 5) is 4.20. The average Bonchev–Trinajstić information content (AvgIpc) is 3.15. The Morgan fingerprint density at radius 2 is 2.30 bits per heavy atom. The van der Waals surface area contributed by atoms with E-state index in [1.807, 2.05) is 29.6 Å². The van der Waals surface area contributed by atoms with E-state index in [4.69, 9.17) is 4.74 Å². The summed E-state index contributed by atoms with van der Waals surface area (Å²) in [5.74, 6) is 0.707. The fraction of sp³-hybridized carbons (Fsp3) is 0.0769. The Kier molecular flexibility index (Phi) is 3.15. The number of nitriles is 1. The van der Waals surface area contributed by atoms with E-state index < -0.39 is 0 Å². The second-order valence-corrected chi connectivity index (χ2v) is 4.73. The minimum atomic E-state index is 0.258. The monoisotopic (exact) mass is 283 g/mol. The molecule has 2 aromatic heterocycles. The fourth-order valence-electron chi connectivity index (χ4n) is 1.84. The summed E-state index contributed by atoms with van der Waals surface area (Å²) < 4.78 is 6.78. The van der Waals surface area contributed by atoms with Crippen LogP contribution in [-0.2, 0) is 0 Å². The highest BCUT2D eigenvalue weighted by Crippen LogP contribution is 2.28. The molecular formula is C13H9N5OS. The molecule has 0 aliphatic carbocycles. The summed E-state index contributed by atoms with van der Waals surface area (Å²) in [5.41, 5.74) is 1.68. The molecule has 0 spiro atoms. The van der Waals surface area contributed by atoms with Gasteiger partial charge >= 0.3 is 0 Å². The molecule has 0 atom stereocenters. The molecule has 1 aromatic carbocycles. The summed E-state index contributed by atoms with van der Waals surface area (Å²) in [6.07, 6.45) is 1.68. The van der Waals surface area contributed by atoms with Crippen molar-refractivity contribution in [2.75, 3.05) is 7.11 Å². The molecule has 0 amide bonds. The standard InChI is InChI=1S/C13H9N5OS/c1-19-10-4-2-3-9(7-10)12-11(8-14)16-17-18(12)13-15-5-6-20-13/h2-7H,1H3. The van der Waals surface area contributed by atoms with E-state index in [2.05, 4.69) is 21.4 Å². The molecule has 0 aliphatic heterocycles. The Morgan fingerprint density at radius 1 is 1.40 bits per heavy atom. The highest BCUT2D eigenvalue weighted by molar-refractivity contribution is 7.12. The smallest absolute Gasteiger partial charge is 0.212 e. The number of nitrogens with zero attached hydrogens (tertiary/aromatic N) is 5. The lowest BCUT2D eigenvalue weighted by Gasteiger charge is -2.05. The maximum absolute atomic E-state index is 9.20. The largest absolute Gasteiger partial charge is 0.497 e. The number of rotatable bonds is 3. The van der Waals surface area contributed by atoms with Gasteiger partial charge in [0.2, 0.25) is 5.13 Å². The predicted octanol–water partition coefficient (Wildman–Crippen LogP) is 2.27. The van der Waals surface area contributed by atoms with E-state index in [0.717, 1.165) is 5.56 Å². The van der Waals surface area contributed by atoms with Crippen LogP contribution in [0.5, 0.6) is 5.75 Å². The number of thiazole rings is 1. The molecule has 2 heterocycles. The van der Waals surface area contributed by atoms with Crippen molar-refractivity contribution in [3.05, 3.63) is 41.5 Å². The van der Waals surface area contributed by atoms with E-state index in [1.165, 1.54) is 11.3 Å². The van der Waals surface area contributed by atoms with Gasteiger partial charge in [-0.1, -0.05) is 17.3 Å². The molecule has 6 nitrogen and oxygen atoms in total. The van der Waals surface area contributed by atoms with Gasteiger partial charge in [-0.25, -0.2) is 4.98 Å².